The molecule has 7 nitrogen and oxygen atoms in total. The average Bonchev–Trinajstić information content (AvgIpc) is 3.37. The van der Waals surface area contributed by atoms with Gasteiger partial charge in [0.05, 0.1) is 23.5 Å². The highest BCUT2D eigenvalue weighted by Gasteiger charge is 2.23. The predicted octanol–water partition coefficient (Wildman–Crippen LogP) is 3.51. The van der Waals surface area contributed by atoms with E-state index in [9.17, 15) is 4.79 Å². The van der Waals surface area contributed by atoms with Crippen LogP contribution in [0.2, 0.25) is 5.02 Å². The number of hydrogen-bond acceptors (Lipinski definition) is 5. The summed E-state index contributed by atoms with van der Waals surface area (Å²) >= 11 is 6.32. The molecule has 0 fully saturated rings. The average molecular weight is 380 g/mol. The zero-order valence-corrected chi connectivity index (χ0v) is 14.8. The number of carbonyl (C=O) groups is 1. The summed E-state index contributed by atoms with van der Waals surface area (Å²) in [6, 6.07) is 14.4. The maximum Gasteiger partial charge on any atom is 0.274 e. The molecule has 0 aliphatic carbocycles. The van der Waals surface area contributed by atoms with Crippen molar-refractivity contribution in [2.75, 3.05) is 0 Å². The number of para-hydroxylation sites is 1. The Hall–Kier alpha value is -3.45. The Morgan fingerprint density at radius 3 is 2.78 bits per heavy atom. The molecule has 0 atom stereocenters. The Bertz CT molecular complexity index is 1060. The molecular weight excluding hydrogens is 366 g/mol. The Balaban J connectivity index is 1.76. The summed E-state index contributed by atoms with van der Waals surface area (Å²) in [6.45, 7) is 0.247. The van der Waals surface area contributed by atoms with Crippen molar-refractivity contribution in [3.05, 3.63) is 83.7 Å². The number of amides is 1. The Labute approximate surface area is 159 Å². The second-order valence-electron chi connectivity index (χ2n) is 5.65. The van der Waals surface area contributed by atoms with Gasteiger partial charge in [0.25, 0.3) is 5.91 Å². The highest BCUT2D eigenvalue weighted by molar-refractivity contribution is 6.32. The van der Waals surface area contributed by atoms with Gasteiger partial charge in [0.2, 0.25) is 0 Å². The first kappa shape index (κ1) is 17.0. The topological polar surface area (TPSA) is 85.8 Å². The molecule has 0 bridgehead atoms. The summed E-state index contributed by atoms with van der Waals surface area (Å²) < 4.78 is 6.78. The zero-order chi connectivity index (χ0) is 18.6. The van der Waals surface area contributed by atoms with Crippen molar-refractivity contribution in [2.45, 2.75) is 6.54 Å². The number of furan rings is 1. The summed E-state index contributed by atoms with van der Waals surface area (Å²) in [7, 11) is 0. The molecule has 1 aromatic carbocycles. The summed E-state index contributed by atoms with van der Waals surface area (Å²) in [6.07, 6.45) is 4.86. The number of nitrogens with one attached hydrogen (secondary N) is 1. The van der Waals surface area contributed by atoms with E-state index in [0.29, 0.717) is 27.7 Å². The Morgan fingerprint density at radius 1 is 1.15 bits per heavy atom. The lowest BCUT2D eigenvalue weighted by Crippen LogP contribution is -2.23. The molecule has 0 spiro atoms. The lowest BCUT2D eigenvalue weighted by atomic mass is 10.1. The van der Waals surface area contributed by atoms with Gasteiger partial charge in [-0.1, -0.05) is 28.9 Å². The van der Waals surface area contributed by atoms with Gasteiger partial charge in [-0.05, 0) is 36.4 Å². The molecule has 1 amide bonds. The quantitative estimate of drug-likeness (QED) is 0.573. The van der Waals surface area contributed by atoms with Crippen molar-refractivity contribution >= 4 is 17.5 Å². The largest absolute Gasteiger partial charge is 0.467 e. The van der Waals surface area contributed by atoms with E-state index in [-0.39, 0.29) is 18.1 Å². The number of pyridine rings is 1. The molecule has 0 unspecified atom stereocenters. The van der Waals surface area contributed by atoms with E-state index >= 15 is 0 Å². The fourth-order valence-corrected chi connectivity index (χ4v) is 2.87. The third kappa shape index (κ3) is 3.45. The van der Waals surface area contributed by atoms with Gasteiger partial charge in [-0.2, -0.15) is 0 Å². The Morgan fingerprint density at radius 2 is 2.04 bits per heavy atom. The Kier molecular flexibility index (Phi) is 4.67. The molecule has 1 N–H and O–H groups in total. The number of hydrogen-bond donors (Lipinski definition) is 1. The lowest BCUT2D eigenvalue weighted by molar-refractivity contribution is 0.0943. The standard InChI is InChI=1S/C19H14ClN5O2/c20-15-7-1-2-8-16(15)25-18(13-5-3-9-21-11-13)17(23-24-25)19(26)22-12-14-6-4-10-27-14/h1-11H,12H2,(H,22,26). The normalized spacial score (nSPS) is 10.7. The van der Waals surface area contributed by atoms with Crippen LogP contribution in [0.3, 0.4) is 0 Å². The van der Waals surface area contributed by atoms with Crippen LogP contribution in [-0.2, 0) is 6.54 Å². The first-order chi connectivity index (χ1) is 13.2. The molecule has 27 heavy (non-hydrogen) atoms. The number of nitrogens with zero attached hydrogens (tertiary/aromatic N) is 4. The SMILES string of the molecule is O=C(NCc1ccco1)c1nnn(-c2ccccc2Cl)c1-c1cccnc1. The fourth-order valence-electron chi connectivity index (χ4n) is 2.65. The molecule has 0 saturated heterocycles. The van der Waals surface area contributed by atoms with E-state index in [4.69, 9.17) is 16.0 Å². The van der Waals surface area contributed by atoms with Crippen molar-refractivity contribution in [2.24, 2.45) is 0 Å². The van der Waals surface area contributed by atoms with Gasteiger partial charge in [0.1, 0.15) is 11.5 Å². The summed E-state index contributed by atoms with van der Waals surface area (Å²) in [5.74, 6) is 0.272. The van der Waals surface area contributed by atoms with Crippen LogP contribution in [0.25, 0.3) is 16.9 Å². The number of benzene rings is 1. The first-order valence-electron chi connectivity index (χ1n) is 8.15. The lowest BCUT2D eigenvalue weighted by Gasteiger charge is -2.09. The van der Waals surface area contributed by atoms with Crippen LogP contribution in [0.1, 0.15) is 16.2 Å². The van der Waals surface area contributed by atoms with E-state index < -0.39 is 0 Å². The van der Waals surface area contributed by atoms with E-state index in [2.05, 4.69) is 20.6 Å². The van der Waals surface area contributed by atoms with Crippen LogP contribution in [0, 0.1) is 0 Å². The molecular formula is C19H14ClN5O2. The second-order valence-corrected chi connectivity index (χ2v) is 6.06. The van der Waals surface area contributed by atoms with Gasteiger partial charge < -0.3 is 9.73 Å². The van der Waals surface area contributed by atoms with Crippen molar-refractivity contribution in [1.29, 1.82) is 0 Å². The molecule has 8 heteroatoms. The maximum absolute atomic E-state index is 12.7. The predicted molar refractivity (Wildman–Crippen MR) is 99.5 cm³/mol. The van der Waals surface area contributed by atoms with Crippen LogP contribution < -0.4 is 5.32 Å². The molecule has 0 radical (unpaired) electrons. The van der Waals surface area contributed by atoms with Gasteiger partial charge in [-0.3, -0.25) is 9.78 Å². The minimum absolute atomic E-state index is 0.175. The highest BCUT2D eigenvalue weighted by Crippen LogP contribution is 2.28. The van der Waals surface area contributed by atoms with Crippen LogP contribution >= 0.6 is 11.6 Å². The van der Waals surface area contributed by atoms with Gasteiger partial charge in [-0.15, -0.1) is 5.10 Å². The van der Waals surface area contributed by atoms with Crippen molar-refractivity contribution in [3.8, 4) is 16.9 Å². The number of carbonyl (C=O) groups excluding carboxylic acids is 1. The van der Waals surface area contributed by atoms with Crippen molar-refractivity contribution in [1.82, 2.24) is 25.3 Å². The molecule has 3 aromatic heterocycles. The summed E-state index contributed by atoms with van der Waals surface area (Å²) in [4.78, 5) is 16.9. The molecule has 4 rings (SSSR count). The molecule has 3 heterocycles. The zero-order valence-electron chi connectivity index (χ0n) is 14.0. The van der Waals surface area contributed by atoms with Crippen LogP contribution in [0.4, 0.5) is 0 Å². The molecule has 134 valence electrons. The third-order valence-electron chi connectivity index (χ3n) is 3.90. The first-order valence-corrected chi connectivity index (χ1v) is 8.53. The van der Waals surface area contributed by atoms with E-state index in [1.54, 1.807) is 53.7 Å². The summed E-state index contributed by atoms with van der Waals surface area (Å²) in [5.41, 5.74) is 2.00. The van der Waals surface area contributed by atoms with Gasteiger partial charge in [0, 0.05) is 18.0 Å². The highest BCUT2D eigenvalue weighted by atomic mass is 35.5. The van der Waals surface area contributed by atoms with Crippen LogP contribution in [-0.4, -0.2) is 25.9 Å². The second kappa shape index (κ2) is 7.43. The van der Waals surface area contributed by atoms with Crippen molar-refractivity contribution in [3.63, 3.8) is 0 Å². The van der Waals surface area contributed by atoms with Gasteiger partial charge >= 0.3 is 0 Å². The number of rotatable bonds is 5. The van der Waals surface area contributed by atoms with E-state index in [1.807, 2.05) is 18.2 Å². The van der Waals surface area contributed by atoms with E-state index in [1.165, 1.54) is 0 Å². The minimum atomic E-state index is -0.372. The molecule has 0 saturated carbocycles. The summed E-state index contributed by atoms with van der Waals surface area (Å²) in [5, 5.41) is 11.5. The van der Waals surface area contributed by atoms with Crippen LogP contribution in [0.15, 0.2) is 71.6 Å². The smallest absolute Gasteiger partial charge is 0.274 e. The van der Waals surface area contributed by atoms with Crippen molar-refractivity contribution < 1.29 is 9.21 Å². The third-order valence-corrected chi connectivity index (χ3v) is 4.22. The van der Waals surface area contributed by atoms with Gasteiger partial charge in [0.15, 0.2) is 5.69 Å². The number of halogens is 1. The number of aromatic nitrogens is 4. The fraction of sp³-hybridized carbons (Fsp3) is 0.0526. The molecule has 4 aromatic rings. The van der Waals surface area contributed by atoms with E-state index in [0.717, 1.165) is 0 Å². The monoisotopic (exact) mass is 379 g/mol. The van der Waals surface area contributed by atoms with Crippen LogP contribution in [0.5, 0.6) is 0 Å². The molecule has 0 aliphatic heterocycles. The minimum Gasteiger partial charge on any atom is -0.467 e. The van der Waals surface area contributed by atoms with Gasteiger partial charge in [-0.25, -0.2) is 4.68 Å². The maximum atomic E-state index is 12.7. The molecule has 0 aliphatic rings.